The van der Waals surface area contributed by atoms with Gasteiger partial charge in [0, 0.05) is 24.8 Å². The summed E-state index contributed by atoms with van der Waals surface area (Å²) >= 11 is 0. The molecular formula is C16H17N3O2. The van der Waals surface area contributed by atoms with E-state index < -0.39 is 0 Å². The number of benzene rings is 1. The number of imide groups is 1. The van der Waals surface area contributed by atoms with Gasteiger partial charge in [-0.05, 0) is 25.0 Å². The molecule has 1 aromatic carbocycles. The van der Waals surface area contributed by atoms with Gasteiger partial charge in [0.15, 0.2) is 0 Å². The van der Waals surface area contributed by atoms with Crippen molar-refractivity contribution in [3.05, 3.63) is 29.3 Å². The molecule has 1 saturated heterocycles. The normalized spacial score (nSPS) is 19.7. The Morgan fingerprint density at radius 3 is 2.57 bits per heavy atom. The molecule has 1 fully saturated rings. The predicted octanol–water partition coefficient (Wildman–Crippen LogP) is 0.962. The molecular weight excluding hydrogens is 266 g/mol. The van der Waals surface area contributed by atoms with Crippen molar-refractivity contribution in [2.75, 3.05) is 25.4 Å². The molecule has 0 spiro atoms. The van der Waals surface area contributed by atoms with Gasteiger partial charge in [0.05, 0.1) is 17.7 Å². The van der Waals surface area contributed by atoms with Gasteiger partial charge in [-0.1, -0.05) is 12.0 Å². The number of likely N-dealkylation sites (tertiary alicyclic amines) is 1. The van der Waals surface area contributed by atoms with Crippen molar-refractivity contribution >= 4 is 17.5 Å². The summed E-state index contributed by atoms with van der Waals surface area (Å²) in [5.74, 6) is 2.14. The monoisotopic (exact) mass is 283 g/mol. The zero-order valence-electron chi connectivity index (χ0n) is 11.7. The van der Waals surface area contributed by atoms with Crippen molar-refractivity contribution in [1.82, 2.24) is 9.80 Å². The molecule has 1 aromatic rings. The lowest BCUT2D eigenvalue weighted by atomic mass is 10.0. The number of hydrogen-bond acceptors (Lipinski definition) is 4. The number of terminal acetylenes is 1. The minimum atomic E-state index is -0.261. The molecule has 2 aliphatic heterocycles. The fourth-order valence-corrected chi connectivity index (χ4v) is 3.13. The zero-order valence-corrected chi connectivity index (χ0v) is 11.7. The van der Waals surface area contributed by atoms with Crippen LogP contribution in [-0.2, 0) is 0 Å². The predicted molar refractivity (Wildman–Crippen MR) is 79.6 cm³/mol. The minimum absolute atomic E-state index is 0.0641. The third-order valence-electron chi connectivity index (χ3n) is 4.22. The lowest BCUT2D eigenvalue weighted by Gasteiger charge is -2.34. The molecule has 0 saturated carbocycles. The molecule has 5 nitrogen and oxygen atoms in total. The van der Waals surface area contributed by atoms with Gasteiger partial charge >= 0.3 is 0 Å². The Kier molecular flexibility index (Phi) is 3.40. The number of carbonyl (C=O) groups is 2. The number of anilines is 1. The number of nitrogens with two attached hydrogens (primary N) is 1. The van der Waals surface area contributed by atoms with E-state index >= 15 is 0 Å². The van der Waals surface area contributed by atoms with E-state index in [1.807, 2.05) is 0 Å². The van der Waals surface area contributed by atoms with E-state index in [9.17, 15) is 9.59 Å². The Bertz CT molecular complexity index is 639. The highest BCUT2D eigenvalue weighted by atomic mass is 16.2. The van der Waals surface area contributed by atoms with Crippen molar-refractivity contribution in [3.8, 4) is 12.3 Å². The highest BCUT2D eigenvalue weighted by Crippen LogP contribution is 2.31. The van der Waals surface area contributed by atoms with Gasteiger partial charge in [0.1, 0.15) is 0 Å². The molecule has 2 heterocycles. The van der Waals surface area contributed by atoms with Crippen LogP contribution in [0.25, 0.3) is 0 Å². The first-order valence-electron chi connectivity index (χ1n) is 7.05. The second-order valence-corrected chi connectivity index (χ2v) is 5.46. The number of fused-ring (bicyclic) bond motifs is 1. The standard InChI is InChI=1S/C16H17N3O2/c1-2-8-18-9-6-11(7-10-18)19-15(20)12-4-3-5-13(17)14(12)16(19)21/h1,3-5,11H,6-10,17H2. The lowest BCUT2D eigenvalue weighted by molar-refractivity contribution is 0.0511. The second kappa shape index (κ2) is 5.23. The van der Waals surface area contributed by atoms with Crippen LogP contribution in [0.2, 0.25) is 0 Å². The fourth-order valence-electron chi connectivity index (χ4n) is 3.13. The summed E-state index contributed by atoms with van der Waals surface area (Å²) in [5, 5.41) is 0. The van der Waals surface area contributed by atoms with Crippen LogP contribution in [0.15, 0.2) is 18.2 Å². The first kappa shape index (κ1) is 13.7. The average Bonchev–Trinajstić information content (AvgIpc) is 2.74. The maximum atomic E-state index is 12.5. The van der Waals surface area contributed by atoms with Crippen molar-refractivity contribution < 1.29 is 9.59 Å². The Labute approximate surface area is 123 Å². The summed E-state index contributed by atoms with van der Waals surface area (Å²) in [7, 11) is 0. The number of amides is 2. The molecule has 3 rings (SSSR count). The molecule has 0 atom stereocenters. The first-order valence-corrected chi connectivity index (χ1v) is 7.05. The number of nitrogen functional groups attached to an aromatic ring is 1. The van der Waals surface area contributed by atoms with Crippen molar-refractivity contribution in [2.45, 2.75) is 18.9 Å². The Hall–Kier alpha value is -2.32. The maximum Gasteiger partial charge on any atom is 0.263 e. The number of rotatable bonds is 2. The molecule has 108 valence electrons. The van der Waals surface area contributed by atoms with Gasteiger partial charge < -0.3 is 5.73 Å². The van der Waals surface area contributed by atoms with Crippen LogP contribution in [-0.4, -0.2) is 47.3 Å². The fraction of sp³-hybridized carbons (Fsp3) is 0.375. The third-order valence-corrected chi connectivity index (χ3v) is 4.22. The first-order chi connectivity index (χ1) is 10.1. The molecule has 21 heavy (non-hydrogen) atoms. The van der Waals surface area contributed by atoms with Crippen molar-refractivity contribution in [3.63, 3.8) is 0 Å². The largest absolute Gasteiger partial charge is 0.398 e. The minimum Gasteiger partial charge on any atom is -0.398 e. The van der Waals surface area contributed by atoms with Gasteiger partial charge in [-0.3, -0.25) is 19.4 Å². The quantitative estimate of drug-likeness (QED) is 0.499. The van der Waals surface area contributed by atoms with E-state index in [4.69, 9.17) is 12.2 Å². The molecule has 2 amide bonds. The SMILES string of the molecule is C#CCN1CCC(N2C(=O)c3cccc(N)c3C2=O)CC1. The van der Waals surface area contributed by atoms with Gasteiger partial charge in [-0.2, -0.15) is 0 Å². The zero-order chi connectivity index (χ0) is 15.0. The van der Waals surface area contributed by atoms with Gasteiger partial charge in [-0.25, -0.2) is 0 Å². The summed E-state index contributed by atoms with van der Waals surface area (Å²) in [4.78, 5) is 28.5. The van der Waals surface area contributed by atoms with Crippen molar-refractivity contribution in [2.24, 2.45) is 0 Å². The van der Waals surface area contributed by atoms with Crippen LogP contribution in [0.3, 0.4) is 0 Å². The van der Waals surface area contributed by atoms with E-state index in [0.29, 0.717) is 23.4 Å². The second-order valence-electron chi connectivity index (χ2n) is 5.46. The number of hydrogen-bond donors (Lipinski definition) is 1. The highest BCUT2D eigenvalue weighted by molar-refractivity contribution is 6.23. The van der Waals surface area contributed by atoms with Gasteiger partial charge in [0.25, 0.3) is 11.8 Å². The summed E-state index contributed by atoms with van der Waals surface area (Å²) in [5.41, 5.74) is 7.00. The summed E-state index contributed by atoms with van der Waals surface area (Å²) in [6.45, 7) is 2.22. The molecule has 0 radical (unpaired) electrons. The molecule has 2 N–H and O–H groups in total. The van der Waals surface area contributed by atoms with E-state index in [2.05, 4.69) is 10.8 Å². The van der Waals surface area contributed by atoms with Crippen LogP contribution in [0.1, 0.15) is 33.6 Å². The molecule has 0 aliphatic carbocycles. The average molecular weight is 283 g/mol. The molecule has 0 aromatic heterocycles. The topological polar surface area (TPSA) is 66.6 Å². The van der Waals surface area contributed by atoms with Crippen molar-refractivity contribution in [1.29, 1.82) is 0 Å². The molecule has 0 bridgehead atoms. The number of carbonyl (C=O) groups excluding carboxylic acids is 2. The van der Waals surface area contributed by atoms with Crippen LogP contribution in [0, 0.1) is 12.3 Å². The highest BCUT2D eigenvalue weighted by Gasteiger charge is 2.41. The Balaban J connectivity index is 1.80. The summed E-state index contributed by atoms with van der Waals surface area (Å²) in [6, 6.07) is 4.96. The van der Waals surface area contributed by atoms with Gasteiger partial charge in [0.2, 0.25) is 0 Å². The van der Waals surface area contributed by atoms with Crippen LogP contribution in [0.4, 0.5) is 5.69 Å². The van der Waals surface area contributed by atoms with E-state index in [-0.39, 0.29) is 17.9 Å². The maximum absolute atomic E-state index is 12.5. The molecule has 0 unspecified atom stereocenters. The Morgan fingerprint density at radius 2 is 1.95 bits per heavy atom. The molecule has 5 heteroatoms. The smallest absolute Gasteiger partial charge is 0.263 e. The summed E-state index contributed by atoms with van der Waals surface area (Å²) < 4.78 is 0. The lowest BCUT2D eigenvalue weighted by Crippen LogP contribution is -2.47. The van der Waals surface area contributed by atoms with Gasteiger partial charge in [-0.15, -0.1) is 6.42 Å². The van der Waals surface area contributed by atoms with E-state index in [0.717, 1.165) is 25.9 Å². The molecule has 2 aliphatic rings. The summed E-state index contributed by atoms with van der Waals surface area (Å²) in [6.07, 6.45) is 6.82. The van der Waals surface area contributed by atoms with Crippen LogP contribution >= 0.6 is 0 Å². The van der Waals surface area contributed by atoms with E-state index in [1.54, 1.807) is 18.2 Å². The van der Waals surface area contributed by atoms with Crippen LogP contribution < -0.4 is 5.73 Å². The van der Waals surface area contributed by atoms with Crippen LogP contribution in [0.5, 0.6) is 0 Å². The Morgan fingerprint density at radius 1 is 1.24 bits per heavy atom. The van der Waals surface area contributed by atoms with E-state index in [1.165, 1.54) is 4.90 Å². The number of piperidine rings is 1. The third kappa shape index (κ3) is 2.18. The number of nitrogens with zero attached hydrogens (tertiary/aromatic N) is 2.